The Bertz CT molecular complexity index is 365. The number of carbonyl (C=O) groups excluding carboxylic acids is 2. The molecule has 0 aliphatic carbocycles. The first kappa shape index (κ1) is 11.2. The fourth-order valence-corrected chi connectivity index (χ4v) is 1.79. The average molecular weight is 229 g/mol. The van der Waals surface area contributed by atoms with Crippen LogP contribution in [0, 0.1) is 0 Å². The van der Waals surface area contributed by atoms with Gasteiger partial charge in [-0.05, 0) is 0 Å². The van der Waals surface area contributed by atoms with Gasteiger partial charge in [0.15, 0.2) is 0 Å². The van der Waals surface area contributed by atoms with Crippen molar-refractivity contribution in [2.24, 2.45) is 0 Å². The maximum absolute atomic E-state index is 11.3. The first-order chi connectivity index (χ1) is 7.54. The Hall–Kier alpha value is -1.28. The van der Waals surface area contributed by atoms with Crippen molar-refractivity contribution in [1.29, 1.82) is 0 Å². The van der Waals surface area contributed by atoms with Gasteiger partial charge in [-0.15, -0.1) is 0 Å². The average Bonchev–Trinajstić information content (AvgIpc) is 2.70. The van der Waals surface area contributed by atoms with Gasteiger partial charge in [-0.1, -0.05) is 0 Å². The molecule has 2 heterocycles. The summed E-state index contributed by atoms with van der Waals surface area (Å²) in [5.74, 6) is -1.24. The molecule has 7 heteroatoms. The normalized spacial score (nSPS) is 38.8. The van der Waals surface area contributed by atoms with E-state index in [1.54, 1.807) is 0 Å². The molecular weight excluding hydrogens is 218 g/mol. The minimum absolute atomic E-state index is 0.0347. The highest BCUT2D eigenvalue weighted by atomic mass is 16.6. The van der Waals surface area contributed by atoms with E-state index in [1.807, 2.05) is 5.32 Å². The monoisotopic (exact) mass is 229 g/mol. The van der Waals surface area contributed by atoms with Gasteiger partial charge in [0.05, 0.1) is 12.2 Å². The third kappa shape index (κ3) is 1.63. The molecule has 1 fully saturated rings. The standard InChI is InChI=1S/C9H11NO6/c11-2-4-6(13)7(14)8(16-4)3-1-5(12)10-9(3)15/h1,4,6-8,11,13-14H,2H2,(H,10,12,15)/t4-,6+,7?,8+/m1/s1. The van der Waals surface area contributed by atoms with Gasteiger partial charge < -0.3 is 20.1 Å². The predicted molar refractivity (Wildman–Crippen MR) is 49.0 cm³/mol. The lowest BCUT2D eigenvalue weighted by Gasteiger charge is -2.13. The largest absolute Gasteiger partial charge is 0.394 e. The number of carbonyl (C=O) groups is 2. The van der Waals surface area contributed by atoms with Crippen molar-refractivity contribution in [3.05, 3.63) is 11.6 Å². The summed E-state index contributed by atoms with van der Waals surface area (Å²) in [5.41, 5.74) is -0.0347. The quantitative estimate of drug-likeness (QED) is 0.376. The van der Waals surface area contributed by atoms with Crippen LogP contribution in [0.5, 0.6) is 0 Å². The first-order valence-corrected chi connectivity index (χ1v) is 4.74. The Morgan fingerprint density at radius 1 is 1.31 bits per heavy atom. The van der Waals surface area contributed by atoms with E-state index in [9.17, 15) is 19.8 Å². The van der Waals surface area contributed by atoms with Crippen LogP contribution >= 0.6 is 0 Å². The van der Waals surface area contributed by atoms with E-state index in [1.165, 1.54) is 0 Å². The zero-order chi connectivity index (χ0) is 11.9. The van der Waals surface area contributed by atoms with Crippen LogP contribution in [-0.2, 0) is 14.3 Å². The minimum Gasteiger partial charge on any atom is -0.394 e. The van der Waals surface area contributed by atoms with Crippen molar-refractivity contribution >= 4 is 11.8 Å². The number of amides is 2. The molecule has 88 valence electrons. The molecule has 0 saturated carbocycles. The highest BCUT2D eigenvalue weighted by molar-refractivity contribution is 6.16. The van der Waals surface area contributed by atoms with Crippen LogP contribution < -0.4 is 5.32 Å². The molecule has 0 bridgehead atoms. The summed E-state index contributed by atoms with van der Waals surface area (Å²) in [6.07, 6.45) is -3.63. The molecule has 16 heavy (non-hydrogen) atoms. The molecule has 1 unspecified atom stereocenters. The van der Waals surface area contributed by atoms with Crippen LogP contribution in [0.15, 0.2) is 11.6 Å². The van der Waals surface area contributed by atoms with Crippen LogP contribution in [0.3, 0.4) is 0 Å². The molecule has 0 aromatic heterocycles. The van der Waals surface area contributed by atoms with Gasteiger partial charge in [0.2, 0.25) is 0 Å². The SMILES string of the molecule is O=C1C=C([C@@H]2O[C@H](CO)[C@H](O)C2O)C(=O)N1. The Balaban J connectivity index is 2.20. The number of hydrogen-bond acceptors (Lipinski definition) is 6. The van der Waals surface area contributed by atoms with Gasteiger partial charge in [-0.25, -0.2) is 0 Å². The minimum atomic E-state index is -1.33. The third-order valence-electron chi connectivity index (χ3n) is 2.63. The van der Waals surface area contributed by atoms with Crippen LogP contribution in [0.1, 0.15) is 0 Å². The molecule has 2 aliphatic heterocycles. The van der Waals surface area contributed by atoms with Crippen molar-refractivity contribution in [3.8, 4) is 0 Å². The zero-order valence-electron chi connectivity index (χ0n) is 8.16. The molecule has 7 nitrogen and oxygen atoms in total. The van der Waals surface area contributed by atoms with Crippen molar-refractivity contribution in [1.82, 2.24) is 5.32 Å². The lowest BCUT2D eigenvalue weighted by atomic mass is 10.0. The van der Waals surface area contributed by atoms with Gasteiger partial charge in [0, 0.05) is 6.08 Å². The molecule has 1 saturated heterocycles. The Labute approximate surface area is 90.3 Å². The molecule has 0 spiro atoms. The van der Waals surface area contributed by atoms with Gasteiger partial charge in [-0.2, -0.15) is 0 Å². The number of nitrogens with one attached hydrogen (secondary N) is 1. The van der Waals surface area contributed by atoms with Gasteiger partial charge in [-0.3, -0.25) is 14.9 Å². The molecule has 0 radical (unpaired) electrons. The van der Waals surface area contributed by atoms with Gasteiger partial charge >= 0.3 is 0 Å². The zero-order valence-corrected chi connectivity index (χ0v) is 8.16. The van der Waals surface area contributed by atoms with E-state index in [4.69, 9.17) is 9.84 Å². The number of rotatable bonds is 2. The topological polar surface area (TPSA) is 116 Å². The molecule has 4 atom stereocenters. The molecule has 0 aromatic carbocycles. The number of ether oxygens (including phenoxy) is 1. The Morgan fingerprint density at radius 3 is 2.44 bits per heavy atom. The van der Waals surface area contributed by atoms with Gasteiger partial charge in [0.25, 0.3) is 11.8 Å². The number of imide groups is 1. The van der Waals surface area contributed by atoms with E-state index in [2.05, 4.69) is 0 Å². The summed E-state index contributed by atoms with van der Waals surface area (Å²) < 4.78 is 5.11. The Morgan fingerprint density at radius 2 is 2.00 bits per heavy atom. The molecular formula is C9H11NO6. The molecule has 4 N–H and O–H groups in total. The first-order valence-electron chi connectivity index (χ1n) is 4.74. The third-order valence-corrected chi connectivity index (χ3v) is 2.63. The summed E-state index contributed by atoms with van der Waals surface area (Å²) in [6.45, 7) is -0.475. The number of aliphatic hydroxyl groups excluding tert-OH is 3. The highest BCUT2D eigenvalue weighted by Crippen LogP contribution is 2.27. The van der Waals surface area contributed by atoms with Crippen molar-refractivity contribution < 1.29 is 29.6 Å². The molecule has 2 rings (SSSR count). The lowest BCUT2D eigenvalue weighted by Crippen LogP contribution is -2.36. The number of hydrogen-bond donors (Lipinski definition) is 4. The summed E-state index contributed by atoms with van der Waals surface area (Å²) in [4.78, 5) is 22.2. The van der Waals surface area contributed by atoms with E-state index >= 15 is 0 Å². The van der Waals surface area contributed by atoms with E-state index in [0.717, 1.165) is 6.08 Å². The summed E-state index contributed by atoms with van der Waals surface area (Å²) in [7, 11) is 0. The Kier molecular flexibility index (Phi) is 2.76. The maximum atomic E-state index is 11.3. The number of aliphatic hydroxyl groups is 3. The fourth-order valence-electron chi connectivity index (χ4n) is 1.79. The fraction of sp³-hybridized carbons (Fsp3) is 0.556. The molecule has 2 amide bonds. The van der Waals surface area contributed by atoms with Crippen molar-refractivity contribution in [2.45, 2.75) is 24.4 Å². The molecule has 2 aliphatic rings. The van der Waals surface area contributed by atoms with E-state index < -0.39 is 42.8 Å². The highest BCUT2D eigenvalue weighted by Gasteiger charge is 2.46. The van der Waals surface area contributed by atoms with Crippen LogP contribution in [0.2, 0.25) is 0 Å². The molecule has 0 aromatic rings. The van der Waals surface area contributed by atoms with E-state index in [-0.39, 0.29) is 5.57 Å². The van der Waals surface area contributed by atoms with Crippen molar-refractivity contribution in [3.63, 3.8) is 0 Å². The second kappa shape index (κ2) is 3.95. The van der Waals surface area contributed by atoms with Crippen LogP contribution in [0.4, 0.5) is 0 Å². The predicted octanol–water partition coefficient (Wildman–Crippen LogP) is -2.95. The second-order valence-electron chi connectivity index (χ2n) is 3.68. The van der Waals surface area contributed by atoms with Gasteiger partial charge in [0.1, 0.15) is 24.4 Å². The van der Waals surface area contributed by atoms with Crippen molar-refractivity contribution in [2.75, 3.05) is 6.61 Å². The van der Waals surface area contributed by atoms with E-state index in [0.29, 0.717) is 0 Å². The lowest BCUT2D eigenvalue weighted by molar-refractivity contribution is -0.124. The smallest absolute Gasteiger partial charge is 0.256 e. The maximum Gasteiger partial charge on any atom is 0.256 e. The summed E-state index contributed by atoms with van der Waals surface area (Å²) >= 11 is 0. The van der Waals surface area contributed by atoms with Crippen LogP contribution in [0.25, 0.3) is 0 Å². The summed E-state index contributed by atoms with van der Waals surface area (Å²) in [6, 6.07) is 0. The van der Waals surface area contributed by atoms with Crippen LogP contribution in [-0.4, -0.2) is 58.2 Å². The second-order valence-corrected chi connectivity index (χ2v) is 3.68. The summed E-state index contributed by atoms with van der Waals surface area (Å²) in [5, 5.41) is 29.9.